The highest BCUT2D eigenvalue weighted by Gasteiger charge is 2.15. The average molecular weight is 241 g/mol. The van der Waals surface area contributed by atoms with Gasteiger partial charge < -0.3 is 15.6 Å². The van der Waals surface area contributed by atoms with Crippen LogP contribution in [0.2, 0.25) is 0 Å². The Morgan fingerprint density at radius 1 is 1.59 bits per heavy atom. The number of nitrogen functional groups attached to an aromatic ring is 1. The molecule has 0 aromatic heterocycles. The zero-order chi connectivity index (χ0) is 13.0. The van der Waals surface area contributed by atoms with Gasteiger partial charge in [0.1, 0.15) is 0 Å². The molecule has 0 radical (unpaired) electrons. The molecule has 0 aliphatic carbocycles. The fraction of sp³-hybridized carbons (Fsp3) is 0.417. The molecule has 3 N–H and O–H groups in total. The van der Waals surface area contributed by atoms with Crippen molar-refractivity contribution < 1.29 is 19.0 Å². The van der Waals surface area contributed by atoms with Crippen LogP contribution in [-0.2, 0) is 0 Å². The van der Waals surface area contributed by atoms with Crippen LogP contribution in [0.3, 0.4) is 0 Å². The quantitative estimate of drug-likeness (QED) is 0.777. The molecule has 0 amide bonds. The van der Waals surface area contributed by atoms with Crippen molar-refractivity contribution in [3.8, 4) is 5.75 Å². The maximum atomic E-state index is 13.5. The van der Waals surface area contributed by atoms with Gasteiger partial charge in [0.25, 0.3) is 0 Å². The Hall–Kier alpha value is -1.78. The number of ether oxygens (including phenoxy) is 1. The Bertz CT molecular complexity index is 420. The number of anilines is 1. The van der Waals surface area contributed by atoms with Gasteiger partial charge in [0.15, 0.2) is 11.6 Å². The smallest absolute Gasteiger partial charge is 0.337 e. The third-order valence-corrected chi connectivity index (χ3v) is 2.36. The molecule has 94 valence electrons. The van der Waals surface area contributed by atoms with Gasteiger partial charge in [0, 0.05) is 11.8 Å². The molecular weight excluding hydrogens is 225 g/mol. The van der Waals surface area contributed by atoms with E-state index in [1.807, 2.05) is 6.92 Å². The van der Waals surface area contributed by atoms with Gasteiger partial charge in [-0.2, -0.15) is 0 Å². The fourth-order valence-electron chi connectivity index (χ4n) is 1.53. The normalized spacial score (nSPS) is 12.2. The molecule has 17 heavy (non-hydrogen) atoms. The van der Waals surface area contributed by atoms with Crippen LogP contribution in [0.25, 0.3) is 0 Å². The van der Waals surface area contributed by atoms with E-state index in [1.165, 1.54) is 0 Å². The maximum absolute atomic E-state index is 13.5. The van der Waals surface area contributed by atoms with E-state index in [4.69, 9.17) is 15.6 Å². The van der Waals surface area contributed by atoms with Gasteiger partial charge in [-0.25, -0.2) is 9.18 Å². The van der Waals surface area contributed by atoms with Crippen LogP contribution in [0.15, 0.2) is 12.1 Å². The second kappa shape index (κ2) is 5.52. The summed E-state index contributed by atoms with van der Waals surface area (Å²) in [6.45, 7) is 3.79. The first kappa shape index (κ1) is 13.3. The van der Waals surface area contributed by atoms with Crippen LogP contribution in [0.5, 0.6) is 5.75 Å². The standard InChI is InChI=1S/C12H16FNO3/c1-3-4-7(2)17-11-5-8(12(15)16)10(14)6-9(11)13/h5-7H,3-4,14H2,1-2H3,(H,15,16). The predicted molar refractivity (Wildman–Crippen MR) is 62.8 cm³/mol. The Morgan fingerprint density at radius 3 is 2.76 bits per heavy atom. The number of carboxylic acids is 1. The van der Waals surface area contributed by atoms with Crippen molar-refractivity contribution in [1.82, 2.24) is 0 Å². The number of hydrogen-bond acceptors (Lipinski definition) is 3. The molecule has 0 fully saturated rings. The van der Waals surface area contributed by atoms with E-state index in [-0.39, 0.29) is 23.1 Å². The van der Waals surface area contributed by atoms with Crippen LogP contribution in [0.4, 0.5) is 10.1 Å². The molecule has 0 spiro atoms. The highest BCUT2D eigenvalue weighted by molar-refractivity contribution is 5.94. The molecule has 0 bridgehead atoms. The van der Waals surface area contributed by atoms with Crippen LogP contribution < -0.4 is 10.5 Å². The highest BCUT2D eigenvalue weighted by atomic mass is 19.1. The van der Waals surface area contributed by atoms with Crippen LogP contribution in [0.1, 0.15) is 37.0 Å². The molecule has 1 rings (SSSR count). The van der Waals surface area contributed by atoms with Gasteiger partial charge >= 0.3 is 5.97 Å². The monoisotopic (exact) mass is 241 g/mol. The SMILES string of the molecule is CCCC(C)Oc1cc(C(=O)O)c(N)cc1F. The summed E-state index contributed by atoms with van der Waals surface area (Å²) in [7, 11) is 0. The summed E-state index contributed by atoms with van der Waals surface area (Å²) in [6, 6.07) is 2.09. The Balaban J connectivity index is 2.99. The molecule has 5 heteroatoms. The number of nitrogens with two attached hydrogens (primary N) is 1. The van der Waals surface area contributed by atoms with Crippen LogP contribution in [-0.4, -0.2) is 17.2 Å². The summed E-state index contributed by atoms with van der Waals surface area (Å²) in [5, 5.41) is 8.86. The Kier molecular flexibility index (Phi) is 4.31. The second-order valence-corrected chi connectivity index (χ2v) is 3.89. The van der Waals surface area contributed by atoms with Crippen molar-refractivity contribution in [2.24, 2.45) is 0 Å². The van der Waals surface area contributed by atoms with E-state index in [2.05, 4.69) is 0 Å². The zero-order valence-electron chi connectivity index (χ0n) is 9.87. The average Bonchev–Trinajstić information content (AvgIpc) is 2.21. The molecule has 1 aromatic carbocycles. The molecule has 0 saturated heterocycles. The van der Waals surface area contributed by atoms with Gasteiger partial charge in [0.05, 0.1) is 11.7 Å². The van der Waals surface area contributed by atoms with Gasteiger partial charge in [-0.3, -0.25) is 0 Å². The second-order valence-electron chi connectivity index (χ2n) is 3.89. The minimum Gasteiger partial charge on any atom is -0.488 e. The molecule has 1 atom stereocenters. The summed E-state index contributed by atoms with van der Waals surface area (Å²) in [6.07, 6.45) is 1.51. The van der Waals surface area contributed by atoms with E-state index >= 15 is 0 Å². The van der Waals surface area contributed by atoms with E-state index < -0.39 is 11.8 Å². The summed E-state index contributed by atoms with van der Waals surface area (Å²) in [4.78, 5) is 10.8. The van der Waals surface area contributed by atoms with E-state index in [0.717, 1.165) is 25.0 Å². The van der Waals surface area contributed by atoms with Gasteiger partial charge in [0.2, 0.25) is 0 Å². The lowest BCUT2D eigenvalue weighted by atomic mass is 10.1. The Labute approximate surface area is 99.2 Å². The number of hydrogen-bond donors (Lipinski definition) is 2. The number of aromatic carboxylic acids is 1. The van der Waals surface area contributed by atoms with Crippen molar-refractivity contribution in [3.63, 3.8) is 0 Å². The lowest BCUT2D eigenvalue weighted by Crippen LogP contribution is -2.13. The molecule has 0 saturated carbocycles. The summed E-state index contributed by atoms with van der Waals surface area (Å²) >= 11 is 0. The third kappa shape index (κ3) is 3.34. The largest absolute Gasteiger partial charge is 0.488 e. The van der Waals surface area contributed by atoms with Crippen molar-refractivity contribution in [2.75, 3.05) is 5.73 Å². The summed E-state index contributed by atoms with van der Waals surface area (Å²) in [5.41, 5.74) is 5.15. The van der Waals surface area contributed by atoms with Crippen molar-refractivity contribution in [2.45, 2.75) is 32.8 Å². The number of benzene rings is 1. The van der Waals surface area contributed by atoms with E-state index in [9.17, 15) is 9.18 Å². The maximum Gasteiger partial charge on any atom is 0.337 e. The molecular formula is C12H16FNO3. The summed E-state index contributed by atoms with van der Waals surface area (Å²) in [5.74, 6) is -1.91. The molecule has 0 aliphatic heterocycles. The van der Waals surface area contributed by atoms with Crippen LogP contribution >= 0.6 is 0 Å². The Morgan fingerprint density at radius 2 is 2.24 bits per heavy atom. The zero-order valence-corrected chi connectivity index (χ0v) is 9.87. The predicted octanol–water partition coefficient (Wildman–Crippen LogP) is 2.67. The molecule has 4 nitrogen and oxygen atoms in total. The number of halogens is 1. The number of carbonyl (C=O) groups is 1. The lowest BCUT2D eigenvalue weighted by Gasteiger charge is -2.15. The van der Waals surface area contributed by atoms with Crippen LogP contribution in [0, 0.1) is 5.82 Å². The van der Waals surface area contributed by atoms with Gasteiger partial charge in [-0.15, -0.1) is 0 Å². The molecule has 0 heterocycles. The van der Waals surface area contributed by atoms with Crippen molar-refractivity contribution in [3.05, 3.63) is 23.5 Å². The minimum absolute atomic E-state index is 0.0717. The minimum atomic E-state index is -1.20. The lowest BCUT2D eigenvalue weighted by molar-refractivity contribution is 0.0697. The summed E-state index contributed by atoms with van der Waals surface area (Å²) < 4.78 is 18.8. The number of carboxylic acid groups (broad SMARTS) is 1. The first-order valence-electron chi connectivity index (χ1n) is 5.44. The number of rotatable bonds is 5. The van der Waals surface area contributed by atoms with Gasteiger partial charge in [-0.05, 0) is 19.4 Å². The molecule has 1 aromatic rings. The highest BCUT2D eigenvalue weighted by Crippen LogP contribution is 2.25. The first-order chi connectivity index (χ1) is 7.95. The molecule has 0 aliphatic rings. The van der Waals surface area contributed by atoms with Crippen molar-refractivity contribution in [1.29, 1.82) is 0 Å². The fourth-order valence-corrected chi connectivity index (χ4v) is 1.53. The van der Waals surface area contributed by atoms with Gasteiger partial charge in [-0.1, -0.05) is 13.3 Å². The van der Waals surface area contributed by atoms with Crippen molar-refractivity contribution >= 4 is 11.7 Å². The van der Waals surface area contributed by atoms with E-state index in [1.54, 1.807) is 6.92 Å². The van der Waals surface area contributed by atoms with E-state index in [0.29, 0.717) is 0 Å². The third-order valence-electron chi connectivity index (χ3n) is 2.36. The molecule has 1 unspecified atom stereocenters. The topological polar surface area (TPSA) is 72.5 Å². The first-order valence-corrected chi connectivity index (χ1v) is 5.44.